The van der Waals surface area contributed by atoms with Crippen LogP contribution in [0.4, 0.5) is 5.69 Å². The average Bonchev–Trinajstić information content (AvgIpc) is 3.52. The number of ether oxygens (including phenoxy) is 3. The van der Waals surface area contributed by atoms with Crippen LogP contribution >= 0.6 is 0 Å². The number of Topliss-reactive ketones (excluding diaryl/α,β-unsaturated/α-hetero) is 1. The minimum Gasteiger partial charge on any atom is -0.394 e. The molecule has 0 unspecified atom stereocenters. The number of ketones is 1. The summed E-state index contributed by atoms with van der Waals surface area (Å²) in [6.07, 6.45) is 6.92. The molecule has 12 nitrogen and oxygen atoms in total. The third-order valence-corrected chi connectivity index (χ3v) is 5.67. The van der Waals surface area contributed by atoms with Crippen LogP contribution in [0.25, 0.3) is 22.4 Å². The minimum atomic E-state index is -0.494. The number of anilines is 1. The van der Waals surface area contributed by atoms with Crippen LogP contribution in [0, 0.1) is 0 Å². The molecule has 0 aliphatic carbocycles. The monoisotopic (exact) mass is 654 g/mol. The fourth-order valence-corrected chi connectivity index (χ4v) is 3.49. The number of fused-ring (bicyclic) bond motifs is 1. The maximum absolute atomic E-state index is 12.4. The molecule has 0 radical (unpaired) electrons. The van der Waals surface area contributed by atoms with Gasteiger partial charge in [-0.3, -0.25) is 9.59 Å². The number of aromatic amines is 1. The van der Waals surface area contributed by atoms with Gasteiger partial charge in [0, 0.05) is 23.0 Å². The summed E-state index contributed by atoms with van der Waals surface area (Å²) >= 11 is 0. The van der Waals surface area contributed by atoms with Crippen LogP contribution in [0.3, 0.4) is 0 Å². The van der Waals surface area contributed by atoms with E-state index in [2.05, 4.69) is 21.9 Å². The predicted octanol–water partition coefficient (Wildman–Crippen LogP) is 5.19. The quantitative estimate of drug-likeness (QED) is 0.0325. The van der Waals surface area contributed by atoms with Gasteiger partial charge in [0.15, 0.2) is 5.78 Å². The van der Waals surface area contributed by atoms with Crippen molar-refractivity contribution in [3.8, 4) is 11.4 Å². The molecule has 0 spiro atoms. The van der Waals surface area contributed by atoms with Crippen molar-refractivity contribution in [2.24, 2.45) is 11.6 Å². The summed E-state index contributed by atoms with van der Waals surface area (Å²) < 4.78 is 15.8. The molecule has 0 bridgehead atoms. The van der Waals surface area contributed by atoms with Crippen LogP contribution in [-0.4, -0.2) is 84.6 Å². The van der Waals surface area contributed by atoms with E-state index in [1.54, 1.807) is 36.4 Å². The number of aliphatic hydroxyl groups excluding tert-OH is 1. The number of H-pyrrole nitrogens is 1. The number of hydrogen-bond acceptors (Lipinski definition) is 10. The number of aromatic nitrogens is 2. The van der Waals surface area contributed by atoms with Gasteiger partial charge in [0.25, 0.3) is 5.91 Å². The highest BCUT2D eigenvalue weighted by Gasteiger charge is 2.10. The molecule has 1 aromatic heterocycles. The van der Waals surface area contributed by atoms with Crippen LogP contribution in [0.15, 0.2) is 79.2 Å². The Balaban J connectivity index is 0.00000211. The highest BCUT2D eigenvalue weighted by Crippen LogP contribution is 2.23. The topological polar surface area (TPSA) is 178 Å². The normalized spacial score (nSPS) is 10.6. The molecule has 0 aliphatic heterocycles. The largest absolute Gasteiger partial charge is 0.394 e. The Morgan fingerprint density at radius 3 is 2.11 bits per heavy atom. The van der Waals surface area contributed by atoms with Crippen LogP contribution in [0.5, 0.6) is 0 Å². The number of amides is 1. The summed E-state index contributed by atoms with van der Waals surface area (Å²) in [7, 11) is 0. The number of carbonyl (C=O) groups excluding carboxylic acids is 2. The predicted molar refractivity (Wildman–Crippen MR) is 191 cm³/mol. The number of hydrogen-bond donors (Lipinski definition) is 5. The molecule has 0 saturated carbocycles. The summed E-state index contributed by atoms with van der Waals surface area (Å²) in [5, 5.41) is 12.6. The van der Waals surface area contributed by atoms with E-state index in [4.69, 9.17) is 30.9 Å². The molecule has 3 rings (SSSR count). The first-order valence-electron chi connectivity index (χ1n) is 15.8. The molecule has 7 N–H and O–H groups in total. The van der Waals surface area contributed by atoms with Crippen molar-refractivity contribution in [2.75, 3.05) is 58.1 Å². The number of nitrogens with one attached hydrogen (secondary N) is 2. The zero-order valence-electron chi connectivity index (χ0n) is 28.8. The van der Waals surface area contributed by atoms with Gasteiger partial charge in [-0.05, 0) is 56.3 Å². The summed E-state index contributed by atoms with van der Waals surface area (Å²) in [5.74, 6) is 6.02. The van der Waals surface area contributed by atoms with Gasteiger partial charge in [-0.15, -0.1) is 0 Å². The molecule has 0 atom stereocenters. The van der Waals surface area contributed by atoms with Crippen molar-refractivity contribution in [2.45, 2.75) is 41.5 Å². The lowest BCUT2D eigenvalue weighted by atomic mass is 10.1. The van der Waals surface area contributed by atoms with E-state index in [0.717, 1.165) is 16.6 Å². The summed E-state index contributed by atoms with van der Waals surface area (Å²) in [6, 6.07) is 12.4. The lowest BCUT2D eigenvalue weighted by Crippen LogP contribution is -2.32. The smallest absolute Gasteiger partial charge is 0.273 e. The van der Waals surface area contributed by atoms with Gasteiger partial charge in [0.2, 0.25) is 0 Å². The summed E-state index contributed by atoms with van der Waals surface area (Å²) in [6.45, 7) is 17.5. The second-order valence-electron chi connectivity index (χ2n) is 9.05. The highest BCUT2D eigenvalue weighted by molar-refractivity contribution is 6.03. The maximum Gasteiger partial charge on any atom is 0.273 e. The molecule has 47 heavy (non-hydrogen) atoms. The Hall–Kier alpha value is -4.33. The van der Waals surface area contributed by atoms with Gasteiger partial charge in [-0.1, -0.05) is 52.5 Å². The number of carbonyl (C=O) groups is 2. The van der Waals surface area contributed by atoms with E-state index >= 15 is 0 Å². The number of aliphatic hydroxyl groups is 1. The number of nitrogens with zero attached hydrogens (tertiary/aromatic N) is 2. The van der Waals surface area contributed by atoms with Gasteiger partial charge >= 0.3 is 0 Å². The molecule has 0 aliphatic rings. The fourth-order valence-electron chi connectivity index (χ4n) is 3.49. The first-order chi connectivity index (χ1) is 22.8. The van der Waals surface area contributed by atoms with Crippen LogP contribution in [-0.2, 0) is 19.0 Å². The second kappa shape index (κ2) is 26.8. The lowest BCUT2D eigenvalue weighted by molar-refractivity contribution is -0.113. The van der Waals surface area contributed by atoms with Crippen molar-refractivity contribution in [3.63, 3.8) is 0 Å². The Labute approximate surface area is 279 Å². The number of benzene rings is 2. The summed E-state index contributed by atoms with van der Waals surface area (Å²) in [5.41, 5.74) is 9.34. The molecule has 0 saturated heterocycles. The third-order valence-electron chi connectivity index (χ3n) is 5.67. The van der Waals surface area contributed by atoms with E-state index in [9.17, 15) is 9.59 Å². The van der Waals surface area contributed by atoms with Crippen molar-refractivity contribution < 1.29 is 28.9 Å². The number of rotatable bonds is 17. The van der Waals surface area contributed by atoms with Gasteiger partial charge < -0.3 is 40.4 Å². The van der Waals surface area contributed by atoms with Crippen molar-refractivity contribution in [1.29, 1.82) is 0 Å². The first-order valence-corrected chi connectivity index (χ1v) is 15.8. The Morgan fingerprint density at radius 1 is 0.979 bits per heavy atom. The van der Waals surface area contributed by atoms with Crippen molar-refractivity contribution >= 4 is 28.4 Å². The Kier molecular flexibility index (Phi) is 24.4. The molecule has 1 heterocycles. The Morgan fingerprint density at radius 2 is 1.57 bits per heavy atom. The minimum absolute atomic E-state index is 0.0111. The highest BCUT2D eigenvalue weighted by atomic mass is 16.5. The number of hydrazine groups is 1. The Bertz CT molecular complexity index is 1350. The second-order valence-corrected chi connectivity index (χ2v) is 9.05. The number of allylic oxidation sites excluding steroid dienone is 3. The molecule has 260 valence electrons. The van der Waals surface area contributed by atoms with Gasteiger partial charge in [-0.25, -0.2) is 10.8 Å². The first kappa shape index (κ1) is 42.7. The van der Waals surface area contributed by atoms with E-state index < -0.39 is 5.91 Å². The molecule has 3 aromatic rings. The van der Waals surface area contributed by atoms with E-state index in [1.807, 2.05) is 58.9 Å². The standard InChI is InChI=1S/C26H34N6O6.C5H8.2C2H6/c1-18(34)20-4-7-23-24(16-20)31-25(30-23)19-2-5-21(6-3-19)29-26(35)22(27)17-32(28)8-10-36-12-14-38-15-13-37-11-9-33;1-3-5-4-2;2*1-2/h2-7,16-17,33H,8-15,27-28H2,1H3,(H,29,35)(H,30,31);3-5H,1H2,2H3;2*1-2H3/b22-17-;5-4-;;. The summed E-state index contributed by atoms with van der Waals surface area (Å²) in [4.78, 5) is 31.8. The lowest BCUT2D eigenvalue weighted by Gasteiger charge is -2.15. The number of nitrogens with two attached hydrogens (primary N) is 2. The molecular formula is C35H54N6O6. The molecule has 1 amide bonds. The van der Waals surface area contributed by atoms with E-state index in [0.29, 0.717) is 63.3 Å². The third kappa shape index (κ3) is 17.8. The van der Waals surface area contributed by atoms with E-state index in [1.165, 1.54) is 18.1 Å². The molecule has 0 fully saturated rings. The van der Waals surface area contributed by atoms with Crippen LogP contribution in [0.2, 0.25) is 0 Å². The van der Waals surface area contributed by atoms with Gasteiger partial charge in [0.1, 0.15) is 11.5 Å². The zero-order chi connectivity index (χ0) is 35.5. The SMILES string of the molecule is C=C/C=C\C.CC.CC.CC(=O)c1ccc2nc(-c3ccc(NC(=O)/C(N)=C/N(N)CCOCCOCCOCCO)cc3)[nH]c2c1. The zero-order valence-corrected chi connectivity index (χ0v) is 28.8. The average molecular weight is 655 g/mol. The van der Waals surface area contributed by atoms with Crippen LogP contribution in [0.1, 0.15) is 51.9 Å². The molecular weight excluding hydrogens is 600 g/mol. The molecule has 12 heteroatoms. The number of imidazole rings is 1. The fraction of sp³-hybridized carbons (Fsp3) is 0.400. The van der Waals surface area contributed by atoms with Gasteiger partial charge in [-0.2, -0.15) is 0 Å². The van der Waals surface area contributed by atoms with Crippen molar-refractivity contribution in [1.82, 2.24) is 15.0 Å². The van der Waals surface area contributed by atoms with Crippen molar-refractivity contribution in [3.05, 3.63) is 84.7 Å². The molecule has 2 aromatic carbocycles. The van der Waals surface area contributed by atoms with Gasteiger partial charge in [0.05, 0.1) is 63.8 Å². The van der Waals surface area contributed by atoms with E-state index in [-0.39, 0.29) is 18.1 Å². The van der Waals surface area contributed by atoms with Crippen LogP contribution < -0.4 is 16.9 Å². The maximum atomic E-state index is 12.4.